The number of rotatable bonds is 2. The van der Waals surface area contributed by atoms with Crippen LogP contribution in [0, 0.1) is 0 Å². The second-order valence-corrected chi connectivity index (χ2v) is 2.24. The summed E-state index contributed by atoms with van der Waals surface area (Å²) in [5.74, 6) is 0. The molecule has 4 nitrogen and oxygen atoms in total. The molecule has 1 atom stereocenters. The van der Waals surface area contributed by atoms with Crippen LogP contribution in [-0.2, 0) is 0 Å². The Morgan fingerprint density at radius 1 is 1.73 bits per heavy atom. The maximum Gasteiger partial charge on any atom is 0.252 e. The lowest BCUT2D eigenvalue weighted by Gasteiger charge is -2.05. The van der Waals surface area contributed by atoms with Gasteiger partial charge in [-0.25, -0.2) is 0 Å². The average Bonchev–Trinajstić information content (AvgIpc) is 2.04. The van der Waals surface area contributed by atoms with Crippen molar-refractivity contribution in [3.63, 3.8) is 0 Å². The van der Waals surface area contributed by atoms with Crippen molar-refractivity contribution in [1.82, 2.24) is 4.98 Å². The molecular formula is C7H10N2O2. The summed E-state index contributed by atoms with van der Waals surface area (Å²) in [6.07, 6.45) is 1.52. The lowest BCUT2D eigenvalue weighted by molar-refractivity contribution is 0.267. The highest BCUT2D eigenvalue weighted by molar-refractivity contribution is 5.13. The first-order valence-electron chi connectivity index (χ1n) is 3.29. The van der Waals surface area contributed by atoms with Gasteiger partial charge in [0.15, 0.2) is 0 Å². The van der Waals surface area contributed by atoms with Crippen LogP contribution in [0.4, 0.5) is 0 Å². The maximum absolute atomic E-state index is 11.0. The minimum atomic E-state index is -0.583. The van der Waals surface area contributed by atoms with Crippen molar-refractivity contribution in [3.8, 4) is 0 Å². The van der Waals surface area contributed by atoms with E-state index in [1.807, 2.05) is 0 Å². The molecule has 1 aromatic rings. The molecule has 1 heterocycles. The van der Waals surface area contributed by atoms with Crippen molar-refractivity contribution in [2.75, 3.05) is 6.61 Å². The summed E-state index contributed by atoms with van der Waals surface area (Å²) in [7, 11) is 0. The number of aromatic nitrogens is 1. The Balaban J connectivity index is 3.03. The molecular weight excluding hydrogens is 144 g/mol. The summed E-state index contributed by atoms with van der Waals surface area (Å²) in [6, 6.07) is 2.69. The predicted molar refractivity (Wildman–Crippen MR) is 41.1 cm³/mol. The van der Waals surface area contributed by atoms with Gasteiger partial charge in [0, 0.05) is 11.8 Å². The molecule has 0 unspecified atom stereocenters. The molecule has 1 rings (SSSR count). The fraction of sp³-hybridized carbons (Fsp3) is 0.286. The smallest absolute Gasteiger partial charge is 0.252 e. The highest BCUT2D eigenvalue weighted by atomic mass is 16.3. The predicted octanol–water partition coefficient (Wildman–Crippen LogP) is -0.633. The van der Waals surface area contributed by atoms with Crippen LogP contribution in [0.15, 0.2) is 23.1 Å². The standard InChI is InChI=1S/C7H10N2O2/c8-6(4-10)5-2-1-3-9-7(5)11/h1-3,6,10H,4,8H2,(H,9,11)/t6-/m1/s1. The number of aliphatic hydroxyl groups excluding tert-OH is 1. The van der Waals surface area contributed by atoms with Gasteiger partial charge in [0.25, 0.3) is 5.56 Å². The molecule has 1 aromatic heterocycles. The van der Waals surface area contributed by atoms with Crippen LogP contribution in [0.2, 0.25) is 0 Å². The Hall–Kier alpha value is -1.13. The van der Waals surface area contributed by atoms with E-state index >= 15 is 0 Å². The fourth-order valence-corrected chi connectivity index (χ4v) is 0.825. The number of H-pyrrole nitrogens is 1. The van der Waals surface area contributed by atoms with Gasteiger partial charge in [-0.3, -0.25) is 4.79 Å². The molecule has 0 fully saturated rings. The van der Waals surface area contributed by atoms with E-state index in [0.29, 0.717) is 5.56 Å². The van der Waals surface area contributed by atoms with Crippen LogP contribution in [0.25, 0.3) is 0 Å². The molecule has 4 heteroatoms. The van der Waals surface area contributed by atoms with Crippen molar-refractivity contribution in [1.29, 1.82) is 0 Å². The topological polar surface area (TPSA) is 79.1 Å². The molecule has 0 radical (unpaired) electrons. The highest BCUT2D eigenvalue weighted by Gasteiger charge is 2.06. The van der Waals surface area contributed by atoms with Crippen LogP contribution < -0.4 is 11.3 Å². The van der Waals surface area contributed by atoms with Gasteiger partial charge in [0.05, 0.1) is 12.6 Å². The molecule has 0 spiro atoms. The van der Waals surface area contributed by atoms with Gasteiger partial charge in [-0.1, -0.05) is 6.07 Å². The number of pyridine rings is 1. The van der Waals surface area contributed by atoms with Gasteiger partial charge >= 0.3 is 0 Å². The molecule has 4 N–H and O–H groups in total. The number of hydrogen-bond donors (Lipinski definition) is 3. The first-order valence-corrected chi connectivity index (χ1v) is 3.29. The molecule has 0 saturated carbocycles. The monoisotopic (exact) mass is 154 g/mol. The van der Waals surface area contributed by atoms with Crippen molar-refractivity contribution >= 4 is 0 Å². The third-order valence-electron chi connectivity index (χ3n) is 1.44. The normalized spacial score (nSPS) is 12.9. The molecule has 0 amide bonds. The van der Waals surface area contributed by atoms with Gasteiger partial charge in [-0.15, -0.1) is 0 Å². The first kappa shape index (κ1) is 7.97. The number of hydrogen-bond acceptors (Lipinski definition) is 3. The molecule has 0 aromatic carbocycles. The van der Waals surface area contributed by atoms with E-state index in [9.17, 15) is 4.79 Å². The molecule has 0 bridgehead atoms. The summed E-state index contributed by atoms with van der Waals surface area (Å²) in [4.78, 5) is 13.4. The van der Waals surface area contributed by atoms with Crippen molar-refractivity contribution in [3.05, 3.63) is 34.2 Å². The van der Waals surface area contributed by atoms with Gasteiger partial charge in [-0.05, 0) is 6.07 Å². The van der Waals surface area contributed by atoms with E-state index in [1.165, 1.54) is 6.20 Å². The lowest BCUT2D eigenvalue weighted by atomic mass is 10.1. The summed E-state index contributed by atoms with van der Waals surface area (Å²) in [5, 5.41) is 8.63. The fourth-order valence-electron chi connectivity index (χ4n) is 0.825. The van der Waals surface area contributed by atoms with E-state index in [-0.39, 0.29) is 12.2 Å². The Morgan fingerprint density at radius 3 is 3.00 bits per heavy atom. The second-order valence-electron chi connectivity index (χ2n) is 2.24. The number of aliphatic hydroxyl groups is 1. The van der Waals surface area contributed by atoms with E-state index in [4.69, 9.17) is 10.8 Å². The van der Waals surface area contributed by atoms with Crippen LogP contribution >= 0.6 is 0 Å². The second kappa shape index (κ2) is 3.32. The largest absolute Gasteiger partial charge is 0.394 e. The minimum Gasteiger partial charge on any atom is -0.394 e. The Bertz CT molecular complexity index is 282. The lowest BCUT2D eigenvalue weighted by Crippen LogP contribution is -2.23. The third kappa shape index (κ3) is 1.66. The van der Waals surface area contributed by atoms with Crippen molar-refractivity contribution < 1.29 is 5.11 Å². The van der Waals surface area contributed by atoms with Crippen LogP contribution in [-0.4, -0.2) is 16.7 Å². The minimum absolute atomic E-state index is 0.215. The Labute approximate surface area is 63.7 Å². The van der Waals surface area contributed by atoms with Crippen molar-refractivity contribution in [2.24, 2.45) is 5.73 Å². The quantitative estimate of drug-likeness (QED) is 0.530. The molecule has 11 heavy (non-hydrogen) atoms. The zero-order chi connectivity index (χ0) is 8.27. The molecule has 0 aliphatic rings. The van der Waals surface area contributed by atoms with Crippen LogP contribution in [0.3, 0.4) is 0 Å². The molecule has 0 saturated heterocycles. The van der Waals surface area contributed by atoms with Crippen LogP contribution in [0.5, 0.6) is 0 Å². The van der Waals surface area contributed by atoms with E-state index < -0.39 is 6.04 Å². The maximum atomic E-state index is 11.0. The third-order valence-corrected chi connectivity index (χ3v) is 1.44. The zero-order valence-electron chi connectivity index (χ0n) is 5.95. The number of nitrogens with two attached hydrogens (primary N) is 1. The van der Waals surface area contributed by atoms with Gasteiger partial charge in [-0.2, -0.15) is 0 Å². The van der Waals surface area contributed by atoms with Crippen molar-refractivity contribution in [2.45, 2.75) is 6.04 Å². The Morgan fingerprint density at radius 2 is 2.45 bits per heavy atom. The SMILES string of the molecule is N[C@H](CO)c1ccc[nH]c1=O. The van der Waals surface area contributed by atoms with E-state index in [1.54, 1.807) is 12.1 Å². The Kier molecular flexibility index (Phi) is 2.40. The average molecular weight is 154 g/mol. The summed E-state index contributed by atoms with van der Waals surface area (Å²) in [6.45, 7) is -0.215. The summed E-state index contributed by atoms with van der Waals surface area (Å²) < 4.78 is 0. The summed E-state index contributed by atoms with van der Waals surface area (Å²) >= 11 is 0. The number of aromatic amines is 1. The summed E-state index contributed by atoms with van der Waals surface area (Å²) in [5.41, 5.74) is 5.60. The van der Waals surface area contributed by atoms with Gasteiger partial charge in [0.1, 0.15) is 0 Å². The zero-order valence-corrected chi connectivity index (χ0v) is 5.95. The van der Waals surface area contributed by atoms with Gasteiger partial charge < -0.3 is 15.8 Å². The molecule has 0 aliphatic carbocycles. The molecule has 60 valence electrons. The highest BCUT2D eigenvalue weighted by Crippen LogP contribution is 2.00. The van der Waals surface area contributed by atoms with E-state index in [0.717, 1.165) is 0 Å². The first-order chi connectivity index (χ1) is 5.25. The molecule has 0 aliphatic heterocycles. The van der Waals surface area contributed by atoms with E-state index in [2.05, 4.69) is 4.98 Å². The number of nitrogens with one attached hydrogen (secondary N) is 1. The van der Waals surface area contributed by atoms with Gasteiger partial charge in [0.2, 0.25) is 0 Å². The van der Waals surface area contributed by atoms with Crippen LogP contribution in [0.1, 0.15) is 11.6 Å².